The second-order valence-electron chi connectivity index (χ2n) is 2.75. The lowest BCUT2D eigenvalue weighted by Gasteiger charge is -1.99. The van der Waals surface area contributed by atoms with E-state index >= 15 is 0 Å². The van der Waals surface area contributed by atoms with Crippen molar-refractivity contribution < 1.29 is 0 Å². The van der Waals surface area contributed by atoms with Crippen LogP contribution < -0.4 is 5.73 Å². The molecule has 0 bridgehead atoms. The van der Waals surface area contributed by atoms with E-state index in [4.69, 9.17) is 11.3 Å². The Balaban J connectivity index is 2.63. The maximum Gasteiger partial charge on any atom is 0.0375 e. The van der Waals surface area contributed by atoms with E-state index in [9.17, 15) is 0 Å². The molecule has 13 heavy (non-hydrogen) atoms. The van der Waals surface area contributed by atoms with Gasteiger partial charge in [0.1, 0.15) is 0 Å². The van der Waals surface area contributed by atoms with Crippen molar-refractivity contribution in [2.45, 2.75) is 12.8 Å². The fourth-order valence-electron chi connectivity index (χ4n) is 1.09. The van der Waals surface area contributed by atoms with E-state index in [-0.39, 0.29) is 0 Å². The zero-order chi connectivity index (χ0) is 9.52. The lowest BCUT2D eigenvalue weighted by atomic mass is 10.1. The van der Waals surface area contributed by atoms with Gasteiger partial charge in [-0.2, -0.15) is 0 Å². The van der Waals surface area contributed by atoms with Gasteiger partial charge in [0.15, 0.2) is 0 Å². The van der Waals surface area contributed by atoms with Crippen molar-refractivity contribution in [2.24, 2.45) is 10.8 Å². The molecule has 4 nitrogen and oxygen atoms in total. The molecule has 2 N–H and O–H groups in total. The van der Waals surface area contributed by atoms with E-state index in [1.165, 1.54) is 5.56 Å². The number of azide groups is 1. The lowest BCUT2D eigenvalue weighted by molar-refractivity contribution is 0.833. The number of nitrogens with zero attached hydrogens (tertiary/aromatic N) is 3. The Morgan fingerprint density at radius 1 is 1.31 bits per heavy atom. The molecule has 0 aliphatic rings. The summed E-state index contributed by atoms with van der Waals surface area (Å²) in [5, 5.41) is 3.48. The first-order chi connectivity index (χ1) is 6.36. The van der Waals surface area contributed by atoms with Crippen LogP contribution in [0.15, 0.2) is 29.4 Å². The summed E-state index contributed by atoms with van der Waals surface area (Å²) in [5.41, 5.74) is 15.4. The summed E-state index contributed by atoms with van der Waals surface area (Å²) in [6.45, 7) is 0.706. The summed E-state index contributed by atoms with van der Waals surface area (Å²) < 4.78 is 0. The van der Waals surface area contributed by atoms with Crippen molar-refractivity contribution in [3.63, 3.8) is 0 Å². The molecule has 0 aromatic heterocycles. The van der Waals surface area contributed by atoms with E-state index in [2.05, 4.69) is 10.0 Å². The van der Waals surface area contributed by atoms with Crippen LogP contribution in [0.1, 0.15) is 12.0 Å². The molecule has 68 valence electrons. The van der Waals surface area contributed by atoms with Crippen molar-refractivity contribution in [1.29, 1.82) is 0 Å². The SMILES string of the molecule is [N-]=[N+]=Nc1ccc(CCCN)cc1. The maximum atomic E-state index is 8.17. The molecule has 0 saturated heterocycles. The number of hydrogen-bond donors (Lipinski definition) is 1. The number of aryl methyl sites for hydroxylation is 1. The van der Waals surface area contributed by atoms with Crippen molar-refractivity contribution in [3.8, 4) is 0 Å². The first-order valence-corrected chi connectivity index (χ1v) is 4.21. The van der Waals surface area contributed by atoms with E-state index in [0.717, 1.165) is 12.8 Å². The first kappa shape index (κ1) is 9.58. The van der Waals surface area contributed by atoms with Gasteiger partial charge in [-0.3, -0.25) is 0 Å². The highest BCUT2D eigenvalue weighted by Gasteiger charge is 1.92. The largest absolute Gasteiger partial charge is 0.330 e. The fraction of sp³-hybridized carbons (Fsp3) is 0.333. The maximum absolute atomic E-state index is 8.17. The van der Waals surface area contributed by atoms with Crippen LogP contribution in [0.3, 0.4) is 0 Å². The highest BCUT2D eigenvalue weighted by Crippen LogP contribution is 2.13. The average molecular weight is 176 g/mol. The number of hydrogen-bond acceptors (Lipinski definition) is 2. The Morgan fingerprint density at radius 3 is 2.54 bits per heavy atom. The summed E-state index contributed by atoms with van der Waals surface area (Å²) in [7, 11) is 0. The molecule has 0 atom stereocenters. The molecule has 0 spiro atoms. The van der Waals surface area contributed by atoms with Gasteiger partial charge in [-0.1, -0.05) is 29.4 Å². The minimum Gasteiger partial charge on any atom is -0.330 e. The third kappa shape index (κ3) is 3.15. The van der Waals surface area contributed by atoms with Crippen molar-refractivity contribution in [1.82, 2.24) is 0 Å². The molecule has 0 saturated carbocycles. The number of nitrogens with two attached hydrogens (primary N) is 1. The van der Waals surface area contributed by atoms with E-state index in [0.29, 0.717) is 12.2 Å². The average Bonchev–Trinajstić information content (AvgIpc) is 2.17. The third-order valence-corrected chi connectivity index (χ3v) is 1.77. The van der Waals surface area contributed by atoms with Gasteiger partial charge in [-0.25, -0.2) is 0 Å². The fourth-order valence-corrected chi connectivity index (χ4v) is 1.09. The molecule has 4 heteroatoms. The van der Waals surface area contributed by atoms with Crippen LogP contribution in [0.4, 0.5) is 5.69 Å². The molecule has 1 aromatic rings. The Morgan fingerprint density at radius 2 is 2.00 bits per heavy atom. The summed E-state index contributed by atoms with van der Waals surface area (Å²) in [6, 6.07) is 7.54. The minimum atomic E-state index is 0.652. The van der Waals surface area contributed by atoms with E-state index < -0.39 is 0 Å². The summed E-state index contributed by atoms with van der Waals surface area (Å²) in [4.78, 5) is 2.70. The van der Waals surface area contributed by atoms with Crippen LogP contribution in [-0.4, -0.2) is 6.54 Å². The molecule has 0 radical (unpaired) electrons. The van der Waals surface area contributed by atoms with E-state index in [1.807, 2.05) is 24.3 Å². The van der Waals surface area contributed by atoms with Gasteiger partial charge in [-0.15, -0.1) is 0 Å². The monoisotopic (exact) mass is 176 g/mol. The molecule has 0 amide bonds. The molecular weight excluding hydrogens is 164 g/mol. The molecule has 0 unspecified atom stereocenters. The predicted octanol–water partition coefficient (Wildman–Crippen LogP) is 2.52. The molecular formula is C9H12N4. The summed E-state index contributed by atoms with van der Waals surface area (Å²) in [6.07, 6.45) is 1.97. The zero-order valence-electron chi connectivity index (χ0n) is 7.35. The Kier molecular flexibility index (Phi) is 3.82. The van der Waals surface area contributed by atoms with Crippen LogP contribution in [0.25, 0.3) is 10.4 Å². The smallest absolute Gasteiger partial charge is 0.0375 e. The number of rotatable bonds is 4. The molecule has 0 aliphatic heterocycles. The Bertz CT molecular complexity index is 298. The van der Waals surface area contributed by atoms with Gasteiger partial charge < -0.3 is 5.73 Å². The van der Waals surface area contributed by atoms with E-state index in [1.54, 1.807) is 0 Å². The molecule has 0 heterocycles. The van der Waals surface area contributed by atoms with Crippen LogP contribution in [-0.2, 0) is 6.42 Å². The normalized spacial score (nSPS) is 9.31. The highest BCUT2D eigenvalue weighted by molar-refractivity contribution is 5.38. The third-order valence-electron chi connectivity index (χ3n) is 1.77. The number of benzene rings is 1. The molecule has 1 rings (SSSR count). The second-order valence-corrected chi connectivity index (χ2v) is 2.75. The van der Waals surface area contributed by atoms with Crippen LogP contribution in [0.2, 0.25) is 0 Å². The topological polar surface area (TPSA) is 74.8 Å². The summed E-state index contributed by atoms with van der Waals surface area (Å²) >= 11 is 0. The predicted molar refractivity (Wildman–Crippen MR) is 52.6 cm³/mol. The standard InChI is InChI=1S/C9H12N4/c10-7-1-2-8-3-5-9(6-4-8)12-13-11/h3-6H,1-2,7,10H2. The van der Waals surface area contributed by atoms with Crippen LogP contribution in [0, 0.1) is 0 Å². The Labute approximate surface area is 77.0 Å². The van der Waals surface area contributed by atoms with Crippen molar-refractivity contribution >= 4 is 5.69 Å². The molecule has 0 fully saturated rings. The molecule has 0 aliphatic carbocycles. The van der Waals surface area contributed by atoms with Crippen LogP contribution in [0.5, 0.6) is 0 Å². The molecule has 1 aromatic carbocycles. The van der Waals surface area contributed by atoms with Gasteiger partial charge >= 0.3 is 0 Å². The minimum absolute atomic E-state index is 0.652. The van der Waals surface area contributed by atoms with Crippen molar-refractivity contribution in [3.05, 3.63) is 40.3 Å². The van der Waals surface area contributed by atoms with Crippen LogP contribution >= 0.6 is 0 Å². The van der Waals surface area contributed by atoms with Gasteiger partial charge in [-0.05, 0) is 30.5 Å². The van der Waals surface area contributed by atoms with Gasteiger partial charge in [0, 0.05) is 10.6 Å². The van der Waals surface area contributed by atoms with Gasteiger partial charge in [0.25, 0.3) is 0 Å². The first-order valence-electron chi connectivity index (χ1n) is 4.21. The van der Waals surface area contributed by atoms with Crippen molar-refractivity contribution in [2.75, 3.05) is 6.54 Å². The quantitative estimate of drug-likeness (QED) is 0.427. The zero-order valence-corrected chi connectivity index (χ0v) is 7.35. The van der Waals surface area contributed by atoms with Gasteiger partial charge in [0.05, 0.1) is 0 Å². The lowest BCUT2D eigenvalue weighted by Crippen LogP contribution is -1.99. The highest BCUT2D eigenvalue weighted by atomic mass is 15.1. The second kappa shape index (κ2) is 5.19. The van der Waals surface area contributed by atoms with Gasteiger partial charge in [0.2, 0.25) is 0 Å². The Hall–Kier alpha value is -1.51. The summed E-state index contributed by atoms with van der Waals surface area (Å²) in [5.74, 6) is 0.